The van der Waals surface area contributed by atoms with E-state index in [1.165, 1.54) is 4.90 Å². The van der Waals surface area contributed by atoms with E-state index in [-0.39, 0.29) is 6.54 Å². The molecule has 16 heavy (non-hydrogen) atoms. The van der Waals surface area contributed by atoms with Crippen LogP contribution in [-0.2, 0) is 4.79 Å². The molecular weight excluding hydrogens is 208 g/mol. The van der Waals surface area contributed by atoms with Gasteiger partial charge in [0.1, 0.15) is 6.04 Å². The summed E-state index contributed by atoms with van der Waals surface area (Å²) in [5, 5.41) is 11.5. The maximum atomic E-state index is 11.6. The van der Waals surface area contributed by atoms with Crippen molar-refractivity contribution < 1.29 is 14.7 Å². The fourth-order valence-corrected chi connectivity index (χ4v) is 1.85. The number of aliphatic carboxylic acids is 1. The van der Waals surface area contributed by atoms with Crippen LogP contribution in [0.1, 0.15) is 19.8 Å². The highest BCUT2D eigenvalue weighted by atomic mass is 16.4. The summed E-state index contributed by atoms with van der Waals surface area (Å²) in [5.74, 6) is 1.66. The first kappa shape index (κ1) is 12.4. The number of carboxylic acids is 1. The fraction of sp³-hybridized carbons (Fsp3) is 0.636. The number of hydrogen-bond acceptors (Lipinski definition) is 2. The van der Waals surface area contributed by atoms with E-state index < -0.39 is 18.0 Å². The van der Waals surface area contributed by atoms with E-state index in [9.17, 15) is 9.59 Å². The van der Waals surface area contributed by atoms with E-state index in [1.54, 1.807) is 0 Å². The number of carbonyl (C=O) groups is 2. The first-order valence-corrected chi connectivity index (χ1v) is 5.27. The Morgan fingerprint density at radius 3 is 2.88 bits per heavy atom. The number of rotatable bonds is 2. The minimum atomic E-state index is -0.956. The van der Waals surface area contributed by atoms with Gasteiger partial charge < -0.3 is 15.3 Å². The molecule has 0 aromatic carbocycles. The van der Waals surface area contributed by atoms with E-state index >= 15 is 0 Å². The number of urea groups is 1. The molecule has 1 aliphatic rings. The molecule has 88 valence electrons. The molecule has 2 N–H and O–H groups in total. The van der Waals surface area contributed by atoms with Gasteiger partial charge in [-0.25, -0.2) is 9.59 Å². The smallest absolute Gasteiger partial charge is 0.326 e. The van der Waals surface area contributed by atoms with Gasteiger partial charge in [0.25, 0.3) is 0 Å². The number of carbonyl (C=O) groups excluding carboxylic acids is 1. The van der Waals surface area contributed by atoms with Crippen molar-refractivity contribution in [3.8, 4) is 12.3 Å². The molecule has 0 saturated carbocycles. The number of hydrogen-bond donors (Lipinski definition) is 2. The summed E-state index contributed by atoms with van der Waals surface area (Å²) in [4.78, 5) is 24.0. The molecule has 2 atom stereocenters. The molecule has 2 amide bonds. The summed E-state index contributed by atoms with van der Waals surface area (Å²) in [6, 6.07) is -1.13. The molecule has 1 saturated heterocycles. The first-order valence-electron chi connectivity index (χ1n) is 5.27. The van der Waals surface area contributed by atoms with Gasteiger partial charge in [-0.2, -0.15) is 0 Å². The molecular formula is C11H16N2O3. The minimum absolute atomic E-state index is 0.122. The molecule has 0 bridgehead atoms. The normalized spacial score (nSPS) is 24.6. The zero-order valence-corrected chi connectivity index (χ0v) is 9.27. The van der Waals surface area contributed by atoms with Crippen molar-refractivity contribution in [1.29, 1.82) is 0 Å². The maximum Gasteiger partial charge on any atom is 0.326 e. The Hall–Kier alpha value is -1.70. The van der Waals surface area contributed by atoms with Crippen LogP contribution in [0.15, 0.2) is 0 Å². The van der Waals surface area contributed by atoms with Crippen molar-refractivity contribution in [2.75, 3.05) is 13.1 Å². The third-order valence-electron chi connectivity index (χ3n) is 2.75. The van der Waals surface area contributed by atoms with Crippen LogP contribution in [0.25, 0.3) is 0 Å². The Morgan fingerprint density at radius 1 is 1.62 bits per heavy atom. The molecule has 5 nitrogen and oxygen atoms in total. The standard InChI is InChI=1S/C11H16N2O3/c1-3-5-12-11(16)13-6-4-8(2)7-9(13)10(14)15/h1,8-9H,4-7H2,2H3,(H,12,16)(H,14,15). The molecule has 1 aliphatic heterocycles. The quantitative estimate of drug-likeness (QED) is 0.672. The van der Waals surface area contributed by atoms with Crippen LogP contribution in [0.5, 0.6) is 0 Å². The molecule has 0 aromatic rings. The second-order valence-corrected chi connectivity index (χ2v) is 4.04. The molecule has 2 unspecified atom stereocenters. The SMILES string of the molecule is C#CCNC(=O)N1CCC(C)CC1C(=O)O. The van der Waals surface area contributed by atoms with Crippen LogP contribution in [0.3, 0.4) is 0 Å². The van der Waals surface area contributed by atoms with E-state index in [2.05, 4.69) is 11.2 Å². The van der Waals surface area contributed by atoms with Crippen LogP contribution in [0.4, 0.5) is 4.79 Å². The van der Waals surface area contributed by atoms with Crippen LogP contribution in [0, 0.1) is 18.3 Å². The number of piperidine rings is 1. The monoisotopic (exact) mass is 224 g/mol. The average molecular weight is 224 g/mol. The van der Waals surface area contributed by atoms with Gasteiger partial charge in [0.2, 0.25) is 0 Å². The molecule has 1 heterocycles. The summed E-state index contributed by atoms with van der Waals surface area (Å²) in [7, 11) is 0. The number of amides is 2. The third kappa shape index (κ3) is 2.89. The lowest BCUT2D eigenvalue weighted by atomic mass is 9.93. The van der Waals surface area contributed by atoms with E-state index in [1.807, 2.05) is 6.92 Å². The largest absolute Gasteiger partial charge is 0.480 e. The summed E-state index contributed by atoms with van der Waals surface area (Å²) >= 11 is 0. The van der Waals surface area contributed by atoms with Crippen molar-refractivity contribution in [3.63, 3.8) is 0 Å². The molecule has 0 aromatic heterocycles. The molecule has 1 fully saturated rings. The Labute approximate surface area is 94.8 Å². The Morgan fingerprint density at radius 2 is 2.31 bits per heavy atom. The lowest BCUT2D eigenvalue weighted by Crippen LogP contribution is -2.53. The zero-order chi connectivity index (χ0) is 12.1. The molecule has 1 rings (SSSR count). The van der Waals surface area contributed by atoms with Gasteiger partial charge in [-0.1, -0.05) is 12.8 Å². The van der Waals surface area contributed by atoms with E-state index in [0.717, 1.165) is 6.42 Å². The lowest BCUT2D eigenvalue weighted by Gasteiger charge is -2.35. The Bertz CT molecular complexity index is 322. The van der Waals surface area contributed by atoms with Crippen molar-refractivity contribution >= 4 is 12.0 Å². The number of nitrogens with zero attached hydrogens (tertiary/aromatic N) is 1. The topological polar surface area (TPSA) is 69.6 Å². The zero-order valence-electron chi connectivity index (χ0n) is 9.27. The fourth-order valence-electron chi connectivity index (χ4n) is 1.85. The van der Waals surface area contributed by atoms with Crippen molar-refractivity contribution in [2.24, 2.45) is 5.92 Å². The maximum absolute atomic E-state index is 11.6. The summed E-state index contributed by atoms with van der Waals surface area (Å²) < 4.78 is 0. The predicted octanol–water partition coefficient (Wildman–Crippen LogP) is 0.514. The van der Waals surface area contributed by atoms with E-state index in [0.29, 0.717) is 18.9 Å². The molecule has 0 aliphatic carbocycles. The van der Waals surface area contributed by atoms with Crippen LogP contribution in [-0.4, -0.2) is 41.1 Å². The number of terminal acetylenes is 1. The van der Waals surface area contributed by atoms with Crippen molar-refractivity contribution in [2.45, 2.75) is 25.8 Å². The molecule has 0 spiro atoms. The number of likely N-dealkylation sites (tertiary alicyclic amines) is 1. The van der Waals surface area contributed by atoms with Crippen LogP contribution >= 0.6 is 0 Å². The van der Waals surface area contributed by atoms with E-state index in [4.69, 9.17) is 11.5 Å². The van der Waals surface area contributed by atoms with Crippen LogP contribution < -0.4 is 5.32 Å². The van der Waals surface area contributed by atoms with Gasteiger partial charge in [0.15, 0.2) is 0 Å². The second kappa shape index (κ2) is 5.40. The van der Waals surface area contributed by atoms with Gasteiger partial charge in [0, 0.05) is 6.54 Å². The van der Waals surface area contributed by atoms with Gasteiger partial charge in [-0.3, -0.25) is 0 Å². The molecule has 0 radical (unpaired) electrons. The highest BCUT2D eigenvalue weighted by Gasteiger charge is 2.34. The van der Waals surface area contributed by atoms with Gasteiger partial charge in [0.05, 0.1) is 6.54 Å². The van der Waals surface area contributed by atoms with Gasteiger partial charge in [-0.05, 0) is 18.8 Å². The Kier molecular flexibility index (Phi) is 4.18. The first-order chi connectivity index (χ1) is 7.56. The third-order valence-corrected chi connectivity index (χ3v) is 2.75. The summed E-state index contributed by atoms with van der Waals surface area (Å²) in [5.41, 5.74) is 0. The minimum Gasteiger partial charge on any atom is -0.480 e. The number of carboxylic acid groups (broad SMARTS) is 1. The Balaban J connectivity index is 2.66. The van der Waals surface area contributed by atoms with Crippen molar-refractivity contribution in [1.82, 2.24) is 10.2 Å². The van der Waals surface area contributed by atoms with Gasteiger partial charge >= 0.3 is 12.0 Å². The highest BCUT2D eigenvalue weighted by molar-refractivity contribution is 5.83. The second-order valence-electron chi connectivity index (χ2n) is 4.04. The average Bonchev–Trinajstić information content (AvgIpc) is 2.25. The van der Waals surface area contributed by atoms with Crippen molar-refractivity contribution in [3.05, 3.63) is 0 Å². The predicted molar refractivity (Wildman–Crippen MR) is 58.8 cm³/mol. The summed E-state index contributed by atoms with van der Waals surface area (Å²) in [6.45, 7) is 2.58. The summed E-state index contributed by atoms with van der Waals surface area (Å²) in [6.07, 6.45) is 6.35. The molecule has 5 heteroatoms. The number of nitrogens with one attached hydrogen (secondary N) is 1. The highest BCUT2D eigenvalue weighted by Crippen LogP contribution is 2.22. The van der Waals surface area contributed by atoms with Crippen LogP contribution in [0.2, 0.25) is 0 Å². The lowest BCUT2D eigenvalue weighted by molar-refractivity contribution is -0.143. The van der Waals surface area contributed by atoms with Gasteiger partial charge in [-0.15, -0.1) is 6.42 Å².